The van der Waals surface area contributed by atoms with Crippen LogP contribution in [0.3, 0.4) is 0 Å². The number of carbonyl (C=O) groups excluding carboxylic acids is 5. The van der Waals surface area contributed by atoms with E-state index in [1.54, 1.807) is 24.3 Å². The van der Waals surface area contributed by atoms with Crippen LogP contribution in [0, 0.1) is 11.8 Å². The Morgan fingerprint density at radius 1 is 0.812 bits per heavy atom. The van der Waals surface area contributed by atoms with Gasteiger partial charge in [0.25, 0.3) is 16.0 Å². The van der Waals surface area contributed by atoms with Crippen molar-refractivity contribution in [1.82, 2.24) is 21.3 Å². The molecule has 1 aromatic rings. The van der Waals surface area contributed by atoms with Crippen LogP contribution in [0.1, 0.15) is 68.1 Å². The summed E-state index contributed by atoms with van der Waals surface area (Å²) in [5.74, 6) is -7.65. The lowest BCUT2D eigenvalue weighted by Gasteiger charge is -2.21. The van der Waals surface area contributed by atoms with Crippen LogP contribution < -0.4 is 32.7 Å². The second kappa shape index (κ2) is 18.5. The Hall–Kier alpha value is -4.78. The number of aliphatic carboxylic acids is 2. The molecule has 0 spiro atoms. The number of carbonyl (C=O) groups is 7. The zero-order chi connectivity index (χ0) is 36.0. The van der Waals surface area contributed by atoms with Gasteiger partial charge in [0, 0.05) is 37.1 Å². The van der Waals surface area contributed by atoms with Crippen LogP contribution in [0.2, 0.25) is 0 Å². The molecule has 5 amide bonds. The Labute approximate surface area is 276 Å². The molecular weight excluding hydrogens is 656 g/mol. The van der Waals surface area contributed by atoms with Gasteiger partial charge in [0.2, 0.25) is 23.6 Å². The summed E-state index contributed by atoms with van der Waals surface area (Å²) < 4.78 is 31.7. The number of primary amides is 1. The molecule has 2 rings (SSSR count). The Bertz CT molecular complexity index is 1450. The molecule has 18 nitrogen and oxygen atoms in total. The normalized spacial score (nSPS) is 17.2. The molecule has 5 atom stereocenters. The highest BCUT2D eigenvalue weighted by atomic mass is 32.2. The molecule has 0 saturated heterocycles. The molecule has 19 heteroatoms. The summed E-state index contributed by atoms with van der Waals surface area (Å²) in [6, 6.07) is 2.00. The number of nitrogen functional groups attached to an aromatic ring is 1. The van der Waals surface area contributed by atoms with Crippen molar-refractivity contribution in [3.63, 3.8) is 0 Å². The molecule has 266 valence electrons. The quantitative estimate of drug-likeness (QED) is 0.0389. The zero-order valence-electron chi connectivity index (χ0n) is 26.1. The van der Waals surface area contributed by atoms with Gasteiger partial charge in [0.1, 0.15) is 18.1 Å². The topological polar surface area (TPSA) is 314 Å². The molecule has 5 unspecified atom stereocenters. The third-order valence-electron chi connectivity index (χ3n) is 7.60. The summed E-state index contributed by atoms with van der Waals surface area (Å²) in [4.78, 5) is 84.7. The minimum atomic E-state index is -4.56. The van der Waals surface area contributed by atoms with E-state index >= 15 is 0 Å². The third-order valence-corrected chi connectivity index (χ3v) is 8.35. The number of carboxylic acid groups (broad SMARTS) is 2. The average molecular weight is 699 g/mol. The number of amides is 5. The highest BCUT2D eigenvalue weighted by molar-refractivity contribution is 7.85. The largest absolute Gasteiger partial charge is 0.481 e. The molecule has 0 aliphatic heterocycles. The van der Waals surface area contributed by atoms with Crippen molar-refractivity contribution in [3.05, 3.63) is 29.8 Å². The van der Waals surface area contributed by atoms with Gasteiger partial charge in [0.05, 0.1) is 5.75 Å². The van der Waals surface area contributed by atoms with Gasteiger partial charge in [-0.15, -0.1) is 0 Å². The van der Waals surface area contributed by atoms with E-state index in [1.807, 2.05) is 0 Å². The molecule has 11 N–H and O–H groups in total. The highest BCUT2D eigenvalue weighted by Crippen LogP contribution is 2.43. The molecule has 1 aromatic carbocycles. The third kappa shape index (κ3) is 15.2. The predicted octanol–water partition coefficient (Wildman–Crippen LogP) is -1.25. The Kier molecular flexibility index (Phi) is 15.2. The van der Waals surface area contributed by atoms with Gasteiger partial charge in [-0.1, -0.05) is 0 Å². The predicted molar refractivity (Wildman–Crippen MR) is 168 cm³/mol. The fourth-order valence-electron chi connectivity index (χ4n) is 4.83. The van der Waals surface area contributed by atoms with E-state index in [0.717, 1.165) is 0 Å². The molecule has 1 aliphatic carbocycles. The van der Waals surface area contributed by atoms with Gasteiger partial charge in [0.15, 0.2) is 0 Å². The van der Waals surface area contributed by atoms with Gasteiger partial charge >= 0.3 is 11.9 Å². The number of unbranched alkanes of at least 4 members (excludes halogenated alkanes) is 1. The number of hydrogen-bond donors (Lipinski definition) is 9. The van der Waals surface area contributed by atoms with Crippen molar-refractivity contribution in [2.24, 2.45) is 17.6 Å². The molecule has 1 aliphatic rings. The van der Waals surface area contributed by atoms with Crippen molar-refractivity contribution in [3.8, 4) is 0 Å². The molecule has 0 aromatic heterocycles. The smallest absolute Gasteiger partial charge is 0.326 e. The first-order chi connectivity index (χ1) is 22.4. The first-order valence-electron chi connectivity index (χ1n) is 15.2. The SMILES string of the molecule is NC(=O)C(CCCCNC(=O)c1ccc(N)cc1)NC(=O)CCC(NC(=O)C(CCS(=O)(=O)O)NC(=O)CC1CC1CC(=O)O)C(=O)O. The van der Waals surface area contributed by atoms with Gasteiger partial charge in [-0.25, -0.2) is 4.79 Å². The second-order valence-corrected chi connectivity index (χ2v) is 13.2. The Morgan fingerprint density at radius 2 is 1.44 bits per heavy atom. The van der Waals surface area contributed by atoms with Gasteiger partial charge in [-0.05, 0) is 74.6 Å². The van der Waals surface area contributed by atoms with Gasteiger partial charge in [-0.3, -0.25) is 33.3 Å². The average Bonchev–Trinajstić information content (AvgIpc) is 3.71. The zero-order valence-corrected chi connectivity index (χ0v) is 26.9. The van der Waals surface area contributed by atoms with Crippen molar-refractivity contribution in [2.45, 2.75) is 75.9 Å². The Morgan fingerprint density at radius 3 is 2.02 bits per heavy atom. The van der Waals surface area contributed by atoms with E-state index < -0.39 is 88.8 Å². The van der Waals surface area contributed by atoms with Crippen LogP contribution in [0.5, 0.6) is 0 Å². The summed E-state index contributed by atoms with van der Waals surface area (Å²) in [5, 5.41) is 28.1. The van der Waals surface area contributed by atoms with Crippen LogP contribution in [-0.2, 0) is 38.9 Å². The number of carboxylic acids is 2. The monoisotopic (exact) mass is 698 g/mol. The first kappa shape index (κ1) is 39.4. The maximum Gasteiger partial charge on any atom is 0.326 e. The van der Waals surface area contributed by atoms with Crippen molar-refractivity contribution >= 4 is 57.3 Å². The van der Waals surface area contributed by atoms with Crippen molar-refractivity contribution in [1.29, 1.82) is 0 Å². The van der Waals surface area contributed by atoms with E-state index in [-0.39, 0.29) is 43.6 Å². The molecule has 1 fully saturated rings. The fourth-order valence-corrected chi connectivity index (χ4v) is 5.36. The standard InChI is InChI=1S/C29H42N6O12S/c30-19-6-4-16(5-7-19)27(41)32-11-2-1-3-20(26(31)40)33-23(36)9-8-22(29(43)44)35-28(42)21(10-12-48(45,46)47)34-24(37)14-17-13-18(17)15-25(38)39/h4-7,17-18,20-22H,1-3,8-15,30H2,(H2,31,40)(H,32,41)(H,33,36)(H,34,37)(H,35,42)(H,38,39)(H,43,44)(H,45,46,47). The lowest BCUT2D eigenvalue weighted by molar-refractivity contribution is -0.142. The number of hydrogen-bond acceptors (Lipinski definition) is 10. The van der Waals surface area contributed by atoms with Gasteiger partial charge < -0.3 is 42.9 Å². The van der Waals surface area contributed by atoms with E-state index in [9.17, 15) is 47.1 Å². The summed E-state index contributed by atoms with van der Waals surface area (Å²) in [5.41, 5.74) is 11.9. The highest BCUT2D eigenvalue weighted by Gasteiger charge is 2.40. The van der Waals surface area contributed by atoms with E-state index in [1.165, 1.54) is 0 Å². The van der Waals surface area contributed by atoms with Crippen molar-refractivity contribution in [2.75, 3.05) is 18.0 Å². The first-order valence-corrected chi connectivity index (χ1v) is 16.8. The van der Waals surface area contributed by atoms with Crippen LogP contribution in [0.25, 0.3) is 0 Å². The lowest BCUT2D eigenvalue weighted by Crippen LogP contribution is -2.52. The minimum absolute atomic E-state index is 0.130. The molecular formula is C29H42N6O12S. The Balaban J connectivity index is 1.86. The molecule has 0 radical (unpaired) electrons. The van der Waals surface area contributed by atoms with E-state index in [0.29, 0.717) is 30.5 Å². The van der Waals surface area contributed by atoms with Gasteiger partial charge in [-0.2, -0.15) is 8.42 Å². The van der Waals surface area contributed by atoms with Crippen LogP contribution in [0.15, 0.2) is 24.3 Å². The maximum atomic E-state index is 12.9. The van der Waals surface area contributed by atoms with Crippen molar-refractivity contribution < 1.29 is 56.7 Å². The van der Waals surface area contributed by atoms with Crippen LogP contribution in [-0.4, -0.2) is 95.1 Å². The fraction of sp³-hybridized carbons (Fsp3) is 0.552. The second-order valence-electron chi connectivity index (χ2n) is 11.6. The molecule has 1 saturated carbocycles. The van der Waals surface area contributed by atoms with Crippen LogP contribution in [0.4, 0.5) is 5.69 Å². The van der Waals surface area contributed by atoms with E-state index in [2.05, 4.69) is 21.3 Å². The maximum absolute atomic E-state index is 12.9. The lowest BCUT2D eigenvalue weighted by atomic mass is 10.1. The summed E-state index contributed by atoms with van der Waals surface area (Å²) >= 11 is 0. The number of nitrogens with two attached hydrogens (primary N) is 2. The number of anilines is 1. The summed E-state index contributed by atoms with van der Waals surface area (Å²) in [6.45, 7) is 0.278. The number of nitrogens with one attached hydrogen (secondary N) is 4. The van der Waals surface area contributed by atoms with E-state index in [4.69, 9.17) is 21.1 Å². The van der Waals surface area contributed by atoms with Crippen LogP contribution >= 0.6 is 0 Å². The summed E-state index contributed by atoms with van der Waals surface area (Å²) in [7, 11) is -4.56. The molecule has 0 bridgehead atoms. The molecule has 0 heterocycles. The minimum Gasteiger partial charge on any atom is -0.481 e. The summed E-state index contributed by atoms with van der Waals surface area (Å²) in [6.07, 6.45) is -0.345. The number of benzene rings is 1. The molecule has 48 heavy (non-hydrogen) atoms. The number of rotatable bonds is 22.